The van der Waals surface area contributed by atoms with Gasteiger partial charge in [-0.3, -0.25) is 0 Å². The van der Waals surface area contributed by atoms with Crippen molar-refractivity contribution in [2.45, 2.75) is 0 Å². The van der Waals surface area contributed by atoms with Crippen molar-refractivity contribution >= 4 is 19.2 Å². The summed E-state index contributed by atoms with van der Waals surface area (Å²) in [5, 5.41) is 0. The van der Waals surface area contributed by atoms with E-state index in [1.807, 2.05) is 0 Å². The average Bonchev–Trinajstić information content (AvgIpc) is 1.39. The Morgan fingerprint density at radius 3 is 2.50 bits per heavy atom. The molecule has 0 amide bonds. The Labute approximate surface area is 54.7 Å². The van der Waals surface area contributed by atoms with Crippen molar-refractivity contribution in [1.29, 1.82) is 1.76 Å². The van der Waals surface area contributed by atoms with Gasteiger partial charge in [-0.25, -0.2) is 0 Å². The fourth-order valence-electron chi connectivity index (χ4n) is 0. The maximum absolute atomic E-state index is 5.97. The molecule has 0 aliphatic carbocycles. The van der Waals surface area contributed by atoms with E-state index >= 15 is 0 Å². The minimum absolute atomic E-state index is 0.812. The van der Waals surface area contributed by atoms with Gasteiger partial charge in [0.1, 0.15) is 0 Å². The molecule has 4 heteroatoms. The van der Waals surface area contributed by atoms with Crippen LogP contribution in [0.25, 0.3) is 0 Å². The molecular weight excluding hydrogens is 166 g/mol. The van der Waals surface area contributed by atoms with E-state index in [1.165, 1.54) is 7.98 Å². The Morgan fingerprint density at radius 1 is 2.50 bits per heavy atom. The van der Waals surface area contributed by atoms with E-state index in [-0.39, 0.29) is 0 Å². The summed E-state index contributed by atoms with van der Waals surface area (Å²) in [6.07, 6.45) is 0. The van der Waals surface area contributed by atoms with Gasteiger partial charge in [-0.15, -0.1) is 0 Å². The molecule has 0 heterocycles. The topological polar surface area (TPSA) is 0 Å². The Hall–Kier alpha value is 1.61. The van der Waals surface area contributed by atoms with E-state index < -0.39 is 18.3 Å². The quantitative estimate of drug-likeness (QED) is 0.472. The van der Waals surface area contributed by atoms with Gasteiger partial charge in [0.2, 0.25) is 0 Å². The minimum atomic E-state index is -0.812. The summed E-state index contributed by atoms with van der Waals surface area (Å²) >= 11 is 5.67. The molecule has 0 atom stereocenters. The van der Waals surface area contributed by atoms with Crippen LogP contribution in [0, 0.1) is 0 Å². The van der Waals surface area contributed by atoms with Gasteiger partial charge in [-0.2, -0.15) is 0 Å². The van der Waals surface area contributed by atoms with Crippen LogP contribution in [0.3, 0.4) is 0 Å². The summed E-state index contributed by atoms with van der Waals surface area (Å²) in [5.41, 5.74) is 0. The number of hydrogen-bond acceptors (Lipinski definition) is 1. The molecule has 0 nitrogen and oxygen atoms in total. The maximum atomic E-state index is 5.97. The van der Waals surface area contributed by atoms with Crippen molar-refractivity contribution in [3.8, 4) is 0 Å². The molecule has 0 rings (SSSR count). The first-order valence-electron chi connectivity index (χ1n) is 1.24. The van der Waals surface area contributed by atoms with Crippen molar-refractivity contribution in [1.82, 2.24) is 0 Å². The summed E-state index contributed by atoms with van der Waals surface area (Å²) < 4.78 is 11.9. The van der Waals surface area contributed by atoms with Gasteiger partial charge in [-0.05, 0) is 0 Å². The van der Waals surface area contributed by atoms with Crippen LogP contribution in [0.4, 0.5) is 0 Å². The normalized spacial score (nSPS) is 6.75. The molecule has 0 spiro atoms. The van der Waals surface area contributed by atoms with Crippen LogP contribution >= 0.6 is 0 Å². The second-order valence-electron chi connectivity index (χ2n) is 0.0745. The number of rotatable bonds is 0. The van der Waals surface area contributed by atoms with Crippen LogP contribution in [-0.4, -0.2) is 1.76 Å². The molecule has 0 aromatic rings. The third-order valence-electron chi connectivity index (χ3n) is 0. The van der Waals surface area contributed by atoms with E-state index in [0.29, 0.717) is 0 Å². The van der Waals surface area contributed by atoms with Gasteiger partial charge in [0, 0.05) is 0 Å². The zero-order chi connectivity index (χ0) is 5.41. The summed E-state index contributed by atoms with van der Waals surface area (Å²) in [4.78, 5) is 0. The second kappa shape index (κ2) is 8.82. The number of hydrogen-bond donors (Lipinski definition) is 0. The third-order valence-corrected chi connectivity index (χ3v) is 0. The van der Waals surface area contributed by atoms with Gasteiger partial charge < -0.3 is 0 Å². The van der Waals surface area contributed by atoms with Crippen LogP contribution in [0.5, 0.6) is 0 Å². The summed E-state index contributed by atoms with van der Waals surface area (Å²) in [6.45, 7) is 0. The van der Waals surface area contributed by atoms with Gasteiger partial charge in [0.05, 0.1) is 0 Å². The van der Waals surface area contributed by atoms with Crippen LogP contribution in [0.2, 0.25) is 0 Å². The summed E-state index contributed by atoms with van der Waals surface area (Å²) in [7, 11) is 1.27. The predicted octanol–water partition coefficient (Wildman–Crippen LogP) is -0.545. The monoisotopic (exact) mass is 172 g/mol. The average molecular weight is 172 g/mol. The molecule has 0 saturated carbocycles. The standard InChI is InChI=1S/S2.2V.2H/c1-2;;;;/i;;;2*1+2. The Balaban J connectivity index is 0. The molecule has 0 saturated heterocycles. The van der Waals surface area contributed by atoms with Gasteiger partial charge in [0.25, 0.3) is 0 Å². The predicted molar refractivity (Wildman–Crippen MR) is 17.5 cm³/mol. The van der Waals surface area contributed by atoms with Gasteiger partial charge in [0.15, 0.2) is 0 Å². The Morgan fingerprint density at radius 2 is 2.50 bits per heavy atom. The molecule has 0 radical (unpaired) electrons. The molecule has 24 valence electrons. The van der Waals surface area contributed by atoms with Crippen molar-refractivity contribution in [3.05, 3.63) is 0 Å². The van der Waals surface area contributed by atoms with Crippen LogP contribution < -0.4 is 0 Å². The molecule has 0 aromatic heterocycles. The van der Waals surface area contributed by atoms with Crippen molar-refractivity contribution in [3.63, 3.8) is 0 Å². The molecule has 0 fully saturated rings. The molecular formula is H2S2V2. The molecule has 0 aromatic carbocycles. The molecule has 0 N–H and O–H groups in total. The van der Waals surface area contributed by atoms with E-state index in [4.69, 9.17) is 1.76 Å². The molecule has 0 bridgehead atoms. The fourth-order valence-corrected chi connectivity index (χ4v) is 0. The van der Waals surface area contributed by atoms with E-state index in [2.05, 4.69) is 26.9 Å². The SMILES string of the molecule is S=[S]=[V].[3H][V][3H]. The van der Waals surface area contributed by atoms with E-state index in [9.17, 15) is 0 Å². The Kier molecular flexibility index (Phi) is 8.35. The van der Waals surface area contributed by atoms with E-state index in [0.717, 1.165) is 0 Å². The van der Waals surface area contributed by atoms with Gasteiger partial charge in [-0.1, -0.05) is 0 Å². The van der Waals surface area contributed by atoms with Crippen molar-refractivity contribution in [2.24, 2.45) is 0 Å². The van der Waals surface area contributed by atoms with Gasteiger partial charge >= 0.3 is 54.9 Å². The van der Waals surface area contributed by atoms with Crippen LogP contribution in [0.1, 0.15) is 0 Å². The fraction of sp³-hybridized carbons (Fsp3) is 0. The van der Waals surface area contributed by atoms with Crippen molar-refractivity contribution in [2.75, 3.05) is 0 Å². The summed E-state index contributed by atoms with van der Waals surface area (Å²) in [6, 6.07) is 0. The first kappa shape index (κ1) is 3.79. The van der Waals surface area contributed by atoms with Crippen LogP contribution in [-0.2, 0) is 53.1 Å². The molecule has 0 aliphatic heterocycles. The van der Waals surface area contributed by atoms with E-state index in [1.54, 1.807) is 0 Å². The third kappa shape index (κ3) is 9.49. The molecule has 0 aliphatic rings. The second-order valence-corrected chi connectivity index (χ2v) is 2.77. The summed E-state index contributed by atoms with van der Waals surface area (Å²) in [5.74, 6) is 0. The zero-order valence-electron chi connectivity index (χ0n) is 3.71. The molecule has 0 unspecified atom stereocenters. The van der Waals surface area contributed by atoms with Crippen molar-refractivity contribution < 1.29 is 34.0 Å². The zero-order valence-corrected chi connectivity index (χ0v) is 6.14. The van der Waals surface area contributed by atoms with Crippen LogP contribution in [0.15, 0.2) is 0 Å². The first-order valence-corrected chi connectivity index (χ1v) is 3.76. The first-order chi connectivity index (χ1) is 2.83. The Bertz CT molecular complexity index is 38.8. The molecule has 4 heavy (non-hydrogen) atoms.